The lowest BCUT2D eigenvalue weighted by molar-refractivity contribution is -0.0189. The monoisotopic (exact) mass is 352 g/mol. The largest absolute Gasteiger partial charge is 0.490 e. The van der Waals surface area contributed by atoms with Crippen molar-refractivity contribution in [2.75, 3.05) is 6.61 Å². The van der Waals surface area contributed by atoms with Crippen molar-refractivity contribution in [3.05, 3.63) is 83.1 Å². The number of aryl methyl sites for hydroxylation is 2. The smallest absolute Gasteiger partial charge is 0.338 e. The zero-order valence-electron chi connectivity index (χ0n) is 14.7. The van der Waals surface area contributed by atoms with Crippen LogP contribution in [-0.4, -0.2) is 30.8 Å². The molecule has 0 bridgehead atoms. The molecule has 0 N–H and O–H groups in total. The summed E-state index contributed by atoms with van der Waals surface area (Å²) in [5.41, 5.74) is 3.06. The fourth-order valence-electron chi connectivity index (χ4n) is 2.49. The summed E-state index contributed by atoms with van der Waals surface area (Å²) in [4.78, 5) is 24.3. The van der Waals surface area contributed by atoms with Gasteiger partial charge in [-0.25, -0.2) is 9.59 Å². The molecule has 1 heterocycles. The Morgan fingerprint density at radius 1 is 0.885 bits per heavy atom. The molecule has 0 fully saturated rings. The van der Waals surface area contributed by atoms with Crippen LogP contribution in [0.4, 0.5) is 0 Å². The Morgan fingerprint density at radius 3 is 2.00 bits per heavy atom. The number of carbonyl (C=O) groups excluding carboxylic acids is 2. The summed E-state index contributed by atoms with van der Waals surface area (Å²) in [5, 5.41) is 0. The van der Waals surface area contributed by atoms with Gasteiger partial charge in [0.25, 0.3) is 0 Å². The van der Waals surface area contributed by atoms with E-state index in [2.05, 4.69) is 0 Å². The average Bonchev–Trinajstić information content (AvgIpc) is 3.08. The first-order chi connectivity index (χ1) is 12.5. The van der Waals surface area contributed by atoms with Crippen molar-refractivity contribution >= 4 is 11.9 Å². The summed E-state index contributed by atoms with van der Waals surface area (Å²) in [6.45, 7) is 3.88. The molecule has 2 atom stereocenters. The predicted octanol–water partition coefficient (Wildman–Crippen LogP) is 3.60. The lowest BCUT2D eigenvalue weighted by Crippen LogP contribution is -2.32. The molecule has 0 saturated heterocycles. The van der Waals surface area contributed by atoms with Gasteiger partial charge in [-0.05, 0) is 44.2 Å². The van der Waals surface area contributed by atoms with Crippen molar-refractivity contribution in [3.63, 3.8) is 0 Å². The summed E-state index contributed by atoms with van der Waals surface area (Å²) in [6.07, 6.45) is 1.93. The lowest BCUT2D eigenvalue weighted by Gasteiger charge is -2.19. The highest BCUT2D eigenvalue weighted by Crippen LogP contribution is 2.18. The number of benzene rings is 2. The topological polar surface area (TPSA) is 61.8 Å². The zero-order valence-corrected chi connectivity index (χ0v) is 14.7. The van der Waals surface area contributed by atoms with Gasteiger partial charge in [0.2, 0.25) is 0 Å². The normalized spacial score (nSPS) is 18.2. The number of hydrogen-bond acceptors (Lipinski definition) is 5. The van der Waals surface area contributed by atoms with Crippen molar-refractivity contribution in [2.24, 2.45) is 0 Å². The zero-order chi connectivity index (χ0) is 18.5. The molecule has 2 aromatic carbocycles. The summed E-state index contributed by atoms with van der Waals surface area (Å²) in [5.74, 6) is -0.885. The van der Waals surface area contributed by atoms with E-state index in [1.165, 1.54) is 6.26 Å². The van der Waals surface area contributed by atoms with Gasteiger partial charge in [-0.1, -0.05) is 35.4 Å². The molecule has 0 saturated carbocycles. The van der Waals surface area contributed by atoms with Crippen molar-refractivity contribution in [3.8, 4) is 0 Å². The lowest BCUT2D eigenvalue weighted by atomic mass is 10.1. The molecule has 1 aliphatic heterocycles. The molecule has 0 amide bonds. The van der Waals surface area contributed by atoms with Gasteiger partial charge in [-0.2, -0.15) is 0 Å². The molecule has 0 spiro atoms. The Labute approximate surface area is 152 Å². The summed E-state index contributed by atoms with van der Waals surface area (Å²) in [7, 11) is 0. The predicted molar refractivity (Wildman–Crippen MR) is 95.9 cm³/mol. The van der Waals surface area contributed by atoms with Crippen LogP contribution < -0.4 is 0 Å². The quantitative estimate of drug-likeness (QED) is 0.770. The molecular formula is C21H20O5. The van der Waals surface area contributed by atoms with E-state index in [1.807, 2.05) is 38.1 Å². The SMILES string of the molecule is Cc1ccc(C(=O)OC[C@@H]2OC=C[C@@H]2OC(=O)c2ccc(C)cc2)cc1. The maximum atomic E-state index is 12.2. The van der Waals surface area contributed by atoms with Crippen LogP contribution in [0.25, 0.3) is 0 Å². The second kappa shape index (κ2) is 7.87. The summed E-state index contributed by atoms with van der Waals surface area (Å²) < 4.78 is 16.1. The second-order valence-corrected chi connectivity index (χ2v) is 6.20. The van der Waals surface area contributed by atoms with Crippen LogP contribution in [0.15, 0.2) is 60.9 Å². The van der Waals surface area contributed by atoms with Crippen LogP contribution in [0.3, 0.4) is 0 Å². The van der Waals surface area contributed by atoms with E-state index < -0.39 is 24.1 Å². The minimum Gasteiger partial charge on any atom is -0.490 e. The second-order valence-electron chi connectivity index (χ2n) is 6.20. The molecule has 5 heteroatoms. The Bertz CT molecular complexity index is 805. The number of rotatable bonds is 5. The number of ether oxygens (including phenoxy) is 3. The molecule has 1 aliphatic rings. The van der Waals surface area contributed by atoms with Gasteiger partial charge in [-0.15, -0.1) is 0 Å². The fraction of sp³-hybridized carbons (Fsp3) is 0.238. The molecule has 0 aliphatic carbocycles. The third-order valence-electron chi connectivity index (χ3n) is 4.08. The van der Waals surface area contributed by atoms with Crippen molar-refractivity contribution in [1.82, 2.24) is 0 Å². The molecule has 0 radical (unpaired) electrons. The van der Waals surface area contributed by atoms with Gasteiger partial charge < -0.3 is 14.2 Å². The molecular weight excluding hydrogens is 332 g/mol. The Hall–Kier alpha value is -3.08. The molecule has 26 heavy (non-hydrogen) atoms. The standard InChI is InChI=1S/C21H20O5/c1-14-3-7-16(8-4-14)20(22)25-13-19-18(11-12-24-19)26-21(23)17-9-5-15(2)6-10-17/h3-12,18-19H,13H2,1-2H3/t18-,19-/m0/s1. The van der Waals surface area contributed by atoms with Gasteiger partial charge in [0.05, 0.1) is 17.4 Å². The molecule has 2 aromatic rings. The Morgan fingerprint density at radius 2 is 1.42 bits per heavy atom. The third-order valence-corrected chi connectivity index (χ3v) is 4.08. The van der Waals surface area contributed by atoms with E-state index in [1.54, 1.807) is 30.3 Å². The number of hydrogen-bond donors (Lipinski definition) is 0. The van der Waals surface area contributed by atoms with Gasteiger partial charge >= 0.3 is 11.9 Å². The van der Waals surface area contributed by atoms with Crippen LogP contribution in [0.1, 0.15) is 31.8 Å². The first-order valence-electron chi connectivity index (χ1n) is 8.36. The van der Waals surface area contributed by atoms with E-state index >= 15 is 0 Å². The van der Waals surface area contributed by atoms with Crippen molar-refractivity contribution in [1.29, 1.82) is 0 Å². The van der Waals surface area contributed by atoms with E-state index in [4.69, 9.17) is 14.2 Å². The maximum Gasteiger partial charge on any atom is 0.338 e. The maximum absolute atomic E-state index is 12.2. The highest BCUT2D eigenvalue weighted by Gasteiger charge is 2.30. The first kappa shape index (κ1) is 17.7. The highest BCUT2D eigenvalue weighted by atomic mass is 16.6. The van der Waals surface area contributed by atoms with Gasteiger partial charge in [0.1, 0.15) is 6.61 Å². The summed E-state index contributed by atoms with van der Waals surface area (Å²) >= 11 is 0. The van der Waals surface area contributed by atoms with Crippen LogP contribution in [-0.2, 0) is 14.2 Å². The highest BCUT2D eigenvalue weighted by molar-refractivity contribution is 5.90. The third kappa shape index (κ3) is 4.30. The average molecular weight is 352 g/mol. The number of esters is 2. The first-order valence-corrected chi connectivity index (χ1v) is 8.36. The van der Waals surface area contributed by atoms with E-state index in [0.717, 1.165) is 11.1 Å². The van der Waals surface area contributed by atoms with Gasteiger partial charge in [-0.3, -0.25) is 0 Å². The van der Waals surface area contributed by atoms with Crippen molar-refractivity contribution < 1.29 is 23.8 Å². The fourth-order valence-corrected chi connectivity index (χ4v) is 2.49. The van der Waals surface area contributed by atoms with Gasteiger partial charge in [0.15, 0.2) is 12.2 Å². The Balaban J connectivity index is 1.55. The van der Waals surface area contributed by atoms with E-state index in [0.29, 0.717) is 11.1 Å². The van der Waals surface area contributed by atoms with Crippen molar-refractivity contribution in [2.45, 2.75) is 26.1 Å². The van der Waals surface area contributed by atoms with E-state index in [9.17, 15) is 9.59 Å². The van der Waals surface area contributed by atoms with Crippen LogP contribution >= 0.6 is 0 Å². The Kier molecular flexibility index (Phi) is 5.37. The molecule has 134 valence electrons. The minimum absolute atomic E-state index is 0.00838. The van der Waals surface area contributed by atoms with E-state index in [-0.39, 0.29) is 6.61 Å². The molecule has 0 unspecified atom stereocenters. The van der Waals surface area contributed by atoms with Crippen LogP contribution in [0.2, 0.25) is 0 Å². The molecule has 3 rings (SSSR count). The molecule has 5 nitrogen and oxygen atoms in total. The van der Waals surface area contributed by atoms with Crippen LogP contribution in [0.5, 0.6) is 0 Å². The molecule has 0 aromatic heterocycles. The summed E-state index contributed by atoms with van der Waals surface area (Å²) in [6, 6.07) is 14.2. The van der Waals surface area contributed by atoms with Crippen LogP contribution in [0, 0.1) is 13.8 Å². The van der Waals surface area contributed by atoms with Gasteiger partial charge in [0, 0.05) is 0 Å². The number of carbonyl (C=O) groups is 2. The minimum atomic E-state index is -0.602.